The van der Waals surface area contributed by atoms with E-state index in [9.17, 15) is 13.2 Å². The van der Waals surface area contributed by atoms with Crippen molar-refractivity contribution in [3.8, 4) is 0 Å². The minimum absolute atomic E-state index is 0.117. The topological polar surface area (TPSA) is 99.3 Å². The number of rotatable bonds is 8. The summed E-state index contributed by atoms with van der Waals surface area (Å²) in [5.41, 5.74) is 0. The monoisotopic (exact) mass is 274 g/mol. The lowest BCUT2D eigenvalue weighted by Crippen LogP contribution is -2.25. The van der Waals surface area contributed by atoms with Crippen molar-refractivity contribution in [1.29, 1.82) is 0 Å². The highest BCUT2D eigenvalue weighted by Crippen LogP contribution is 2.11. The summed E-state index contributed by atoms with van der Waals surface area (Å²) in [5.74, 6) is -0.648. The third-order valence-electron chi connectivity index (χ3n) is 2.66. The van der Waals surface area contributed by atoms with Crippen molar-refractivity contribution >= 4 is 16.0 Å². The zero-order chi connectivity index (χ0) is 13.6. The first-order valence-corrected chi connectivity index (χ1v) is 7.24. The Morgan fingerprint density at radius 3 is 2.78 bits per heavy atom. The van der Waals surface area contributed by atoms with Crippen molar-refractivity contribution in [2.24, 2.45) is 5.92 Å². The van der Waals surface area contributed by atoms with Gasteiger partial charge in [0.25, 0.3) is 0 Å². The number of sulfonamides is 1. The van der Waals surface area contributed by atoms with Gasteiger partial charge >= 0.3 is 5.97 Å². The van der Waals surface area contributed by atoms with Crippen LogP contribution in [-0.2, 0) is 14.8 Å². The lowest BCUT2D eigenvalue weighted by Gasteiger charge is -2.10. The lowest BCUT2D eigenvalue weighted by atomic mass is 10.0. The average molecular weight is 274 g/mol. The second kappa shape index (κ2) is 6.55. The Morgan fingerprint density at radius 1 is 1.50 bits per heavy atom. The van der Waals surface area contributed by atoms with Crippen LogP contribution in [0.2, 0.25) is 0 Å². The Balaban J connectivity index is 2.31. The first-order valence-electron chi connectivity index (χ1n) is 5.76. The van der Waals surface area contributed by atoms with Gasteiger partial charge in [0.15, 0.2) is 0 Å². The number of hydrogen-bond donors (Lipinski definition) is 3. The van der Waals surface area contributed by atoms with E-state index in [1.165, 1.54) is 12.3 Å². The number of H-pyrrole nitrogens is 1. The standard InChI is InChI=1S/C11H18N2O4S/c1-9(2-3-11(14)15)4-7-13-18(16,17)10-5-6-12-8-10/h5-6,8-9,12-13H,2-4,7H2,1H3,(H,14,15). The van der Waals surface area contributed by atoms with Gasteiger partial charge in [-0.3, -0.25) is 4.79 Å². The summed E-state index contributed by atoms with van der Waals surface area (Å²) >= 11 is 0. The molecule has 0 radical (unpaired) electrons. The molecule has 1 heterocycles. The van der Waals surface area contributed by atoms with Crippen LogP contribution in [0.3, 0.4) is 0 Å². The fraction of sp³-hybridized carbons (Fsp3) is 0.545. The van der Waals surface area contributed by atoms with Crippen molar-refractivity contribution in [3.63, 3.8) is 0 Å². The Labute approximate surface area is 106 Å². The molecule has 0 aliphatic carbocycles. The van der Waals surface area contributed by atoms with Gasteiger partial charge in [-0.05, 0) is 24.8 Å². The molecule has 18 heavy (non-hydrogen) atoms. The summed E-state index contributed by atoms with van der Waals surface area (Å²) in [6.07, 6.45) is 4.25. The third kappa shape index (κ3) is 4.89. The van der Waals surface area contributed by atoms with Gasteiger partial charge in [-0.15, -0.1) is 0 Å². The van der Waals surface area contributed by atoms with Crippen LogP contribution < -0.4 is 4.72 Å². The SMILES string of the molecule is CC(CCNS(=O)(=O)c1cc[nH]c1)CCC(=O)O. The molecule has 0 aromatic carbocycles. The number of carbonyl (C=O) groups is 1. The van der Waals surface area contributed by atoms with Crippen LogP contribution >= 0.6 is 0 Å². The summed E-state index contributed by atoms with van der Waals surface area (Å²) in [5, 5.41) is 8.53. The third-order valence-corrected chi connectivity index (χ3v) is 4.12. The highest BCUT2D eigenvalue weighted by atomic mass is 32.2. The molecule has 0 saturated carbocycles. The van der Waals surface area contributed by atoms with Crippen LogP contribution in [0.15, 0.2) is 23.4 Å². The molecular weight excluding hydrogens is 256 g/mol. The molecule has 1 aromatic rings. The lowest BCUT2D eigenvalue weighted by molar-refractivity contribution is -0.137. The Bertz CT molecular complexity index is 467. The molecule has 7 heteroatoms. The molecule has 1 rings (SSSR count). The van der Waals surface area contributed by atoms with Gasteiger partial charge in [-0.1, -0.05) is 6.92 Å². The maximum absolute atomic E-state index is 11.7. The molecule has 0 aliphatic heterocycles. The van der Waals surface area contributed by atoms with Crippen molar-refractivity contribution in [3.05, 3.63) is 18.5 Å². The van der Waals surface area contributed by atoms with E-state index in [0.29, 0.717) is 19.4 Å². The van der Waals surface area contributed by atoms with E-state index < -0.39 is 16.0 Å². The fourth-order valence-electron chi connectivity index (χ4n) is 1.51. The van der Waals surface area contributed by atoms with Crippen molar-refractivity contribution in [2.45, 2.75) is 31.1 Å². The number of hydrogen-bond acceptors (Lipinski definition) is 3. The molecule has 1 unspecified atom stereocenters. The summed E-state index contributed by atoms with van der Waals surface area (Å²) in [6, 6.07) is 1.48. The Morgan fingerprint density at radius 2 is 2.22 bits per heavy atom. The van der Waals surface area contributed by atoms with Crippen LogP contribution in [-0.4, -0.2) is 31.0 Å². The largest absolute Gasteiger partial charge is 0.481 e. The average Bonchev–Trinajstić information content (AvgIpc) is 2.80. The summed E-state index contributed by atoms with van der Waals surface area (Å²) in [4.78, 5) is 13.3. The van der Waals surface area contributed by atoms with Gasteiger partial charge in [0.1, 0.15) is 0 Å². The molecule has 1 aromatic heterocycles. The molecule has 0 aliphatic rings. The number of aromatic amines is 1. The van der Waals surface area contributed by atoms with E-state index >= 15 is 0 Å². The smallest absolute Gasteiger partial charge is 0.303 e. The molecule has 102 valence electrons. The van der Waals surface area contributed by atoms with Gasteiger partial charge in [0, 0.05) is 25.4 Å². The molecule has 0 amide bonds. The van der Waals surface area contributed by atoms with Gasteiger partial charge in [-0.25, -0.2) is 13.1 Å². The number of aromatic nitrogens is 1. The fourth-order valence-corrected chi connectivity index (χ4v) is 2.54. The quantitative estimate of drug-likeness (QED) is 0.663. The van der Waals surface area contributed by atoms with Crippen LogP contribution in [0.5, 0.6) is 0 Å². The molecule has 6 nitrogen and oxygen atoms in total. The minimum atomic E-state index is -3.44. The second-order valence-corrected chi connectivity index (χ2v) is 6.04. The summed E-state index contributed by atoms with van der Waals surface area (Å²) in [6.45, 7) is 2.22. The van der Waals surface area contributed by atoms with Crippen molar-refractivity contribution < 1.29 is 18.3 Å². The van der Waals surface area contributed by atoms with Gasteiger partial charge < -0.3 is 10.1 Å². The van der Waals surface area contributed by atoms with Crippen LogP contribution in [0, 0.1) is 5.92 Å². The maximum atomic E-state index is 11.7. The molecule has 0 spiro atoms. The van der Waals surface area contributed by atoms with E-state index in [4.69, 9.17) is 5.11 Å². The van der Waals surface area contributed by atoms with Gasteiger partial charge in [0.05, 0.1) is 4.90 Å². The Hall–Kier alpha value is -1.34. The molecule has 1 atom stereocenters. The molecule has 0 bridgehead atoms. The first-order chi connectivity index (χ1) is 8.42. The predicted octanol–water partition coefficient (Wildman–Crippen LogP) is 1.18. The number of nitrogens with one attached hydrogen (secondary N) is 2. The maximum Gasteiger partial charge on any atom is 0.303 e. The first kappa shape index (κ1) is 14.7. The summed E-state index contributed by atoms with van der Waals surface area (Å²) in [7, 11) is -3.44. The number of aliphatic carboxylic acids is 1. The highest BCUT2D eigenvalue weighted by Gasteiger charge is 2.14. The zero-order valence-electron chi connectivity index (χ0n) is 10.2. The van der Waals surface area contributed by atoms with E-state index in [1.807, 2.05) is 6.92 Å². The predicted molar refractivity (Wildman–Crippen MR) is 66.6 cm³/mol. The highest BCUT2D eigenvalue weighted by molar-refractivity contribution is 7.89. The second-order valence-electron chi connectivity index (χ2n) is 4.27. The van der Waals surface area contributed by atoms with E-state index in [1.54, 1.807) is 6.20 Å². The number of carboxylic acids is 1. The molecular formula is C11H18N2O4S. The number of carboxylic acid groups (broad SMARTS) is 1. The van der Waals surface area contributed by atoms with Crippen LogP contribution in [0.25, 0.3) is 0 Å². The van der Waals surface area contributed by atoms with E-state index in [-0.39, 0.29) is 17.2 Å². The summed E-state index contributed by atoms with van der Waals surface area (Å²) < 4.78 is 25.9. The molecule has 0 saturated heterocycles. The van der Waals surface area contributed by atoms with E-state index in [2.05, 4.69) is 9.71 Å². The normalized spacial score (nSPS) is 13.4. The van der Waals surface area contributed by atoms with Crippen molar-refractivity contribution in [1.82, 2.24) is 9.71 Å². The molecule has 3 N–H and O–H groups in total. The zero-order valence-corrected chi connectivity index (χ0v) is 11.0. The Kier molecular flexibility index (Phi) is 5.36. The van der Waals surface area contributed by atoms with Crippen molar-refractivity contribution in [2.75, 3.05) is 6.54 Å². The molecule has 0 fully saturated rings. The van der Waals surface area contributed by atoms with E-state index in [0.717, 1.165) is 0 Å². The van der Waals surface area contributed by atoms with Crippen LogP contribution in [0.4, 0.5) is 0 Å². The van der Waals surface area contributed by atoms with Gasteiger partial charge in [-0.2, -0.15) is 0 Å². The van der Waals surface area contributed by atoms with Crippen LogP contribution in [0.1, 0.15) is 26.2 Å². The minimum Gasteiger partial charge on any atom is -0.481 e. The van der Waals surface area contributed by atoms with Gasteiger partial charge in [0.2, 0.25) is 10.0 Å².